The standard InChI is InChI=1S/C17H14Cl2N2O4/c18-13-6-3-11(9-14(13)19)17(24)20-12-4-1-10(2-5-12)15(21-25)7-8-16(22)23/h1-6,9,25H,7-8H2,(H,20,24)(H,22,23). The van der Waals surface area contributed by atoms with Gasteiger partial charge in [0.25, 0.3) is 5.91 Å². The third-order valence-corrected chi connectivity index (χ3v) is 4.09. The van der Waals surface area contributed by atoms with Gasteiger partial charge in [0.1, 0.15) is 0 Å². The zero-order valence-electron chi connectivity index (χ0n) is 12.9. The van der Waals surface area contributed by atoms with Gasteiger partial charge >= 0.3 is 5.97 Å². The van der Waals surface area contributed by atoms with E-state index in [1.165, 1.54) is 12.1 Å². The lowest BCUT2D eigenvalue weighted by Crippen LogP contribution is -2.12. The zero-order chi connectivity index (χ0) is 18.4. The molecule has 0 aromatic heterocycles. The van der Waals surface area contributed by atoms with Gasteiger partial charge in [0.05, 0.1) is 22.2 Å². The summed E-state index contributed by atoms with van der Waals surface area (Å²) in [6.45, 7) is 0. The van der Waals surface area contributed by atoms with E-state index in [0.717, 1.165) is 0 Å². The molecule has 0 aliphatic carbocycles. The van der Waals surface area contributed by atoms with Crippen molar-refractivity contribution in [3.8, 4) is 0 Å². The summed E-state index contributed by atoms with van der Waals surface area (Å²) in [5, 5.41) is 24.2. The average Bonchev–Trinajstić information content (AvgIpc) is 2.59. The summed E-state index contributed by atoms with van der Waals surface area (Å²) >= 11 is 11.7. The molecule has 25 heavy (non-hydrogen) atoms. The lowest BCUT2D eigenvalue weighted by atomic mass is 10.1. The predicted octanol–water partition coefficient (Wildman–Crippen LogP) is 4.29. The van der Waals surface area contributed by atoms with E-state index in [1.54, 1.807) is 30.3 Å². The highest BCUT2D eigenvalue weighted by Crippen LogP contribution is 2.23. The van der Waals surface area contributed by atoms with Crippen LogP contribution in [0.2, 0.25) is 10.0 Å². The maximum Gasteiger partial charge on any atom is 0.303 e. The maximum absolute atomic E-state index is 12.2. The Morgan fingerprint density at radius 1 is 0.960 bits per heavy atom. The maximum atomic E-state index is 12.2. The molecule has 0 aliphatic rings. The minimum Gasteiger partial charge on any atom is -0.481 e. The minimum atomic E-state index is -0.980. The smallest absolute Gasteiger partial charge is 0.303 e. The molecule has 0 saturated heterocycles. The van der Waals surface area contributed by atoms with Crippen molar-refractivity contribution in [2.75, 3.05) is 5.32 Å². The number of carboxylic acid groups (broad SMARTS) is 1. The van der Waals surface area contributed by atoms with Crippen molar-refractivity contribution in [1.82, 2.24) is 0 Å². The van der Waals surface area contributed by atoms with Crippen molar-refractivity contribution in [2.24, 2.45) is 5.16 Å². The number of nitrogens with zero attached hydrogens (tertiary/aromatic N) is 1. The second kappa shape index (κ2) is 8.50. The largest absolute Gasteiger partial charge is 0.481 e. The molecule has 0 saturated carbocycles. The van der Waals surface area contributed by atoms with Crippen LogP contribution in [0.4, 0.5) is 5.69 Å². The molecule has 6 nitrogen and oxygen atoms in total. The Morgan fingerprint density at radius 2 is 1.60 bits per heavy atom. The first-order chi connectivity index (χ1) is 11.9. The first-order valence-electron chi connectivity index (χ1n) is 7.20. The van der Waals surface area contributed by atoms with Crippen LogP contribution in [0.15, 0.2) is 47.6 Å². The number of amides is 1. The van der Waals surface area contributed by atoms with Crippen molar-refractivity contribution in [3.05, 3.63) is 63.6 Å². The number of hydrogen-bond acceptors (Lipinski definition) is 4. The van der Waals surface area contributed by atoms with Crippen LogP contribution < -0.4 is 5.32 Å². The summed E-state index contributed by atoms with van der Waals surface area (Å²) in [5.74, 6) is -1.33. The predicted molar refractivity (Wildman–Crippen MR) is 96.1 cm³/mol. The van der Waals surface area contributed by atoms with Crippen molar-refractivity contribution >= 4 is 46.5 Å². The third kappa shape index (κ3) is 5.20. The summed E-state index contributed by atoms with van der Waals surface area (Å²) in [4.78, 5) is 22.8. The van der Waals surface area contributed by atoms with Gasteiger partial charge in [-0.25, -0.2) is 0 Å². The molecule has 8 heteroatoms. The van der Waals surface area contributed by atoms with Crippen LogP contribution in [0.3, 0.4) is 0 Å². The number of benzene rings is 2. The van der Waals surface area contributed by atoms with Gasteiger partial charge in [0.2, 0.25) is 0 Å². The molecule has 1 amide bonds. The SMILES string of the molecule is O=C(O)CCC(=NO)c1ccc(NC(=O)c2ccc(Cl)c(Cl)c2)cc1. The van der Waals surface area contributed by atoms with Gasteiger partial charge in [-0.2, -0.15) is 0 Å². The Balaban J connectivity index is 2.07. The first-order valence-corrected chi connectivity index (χ1v) is 7.96. The van der Waals surface area contributed by atoms with E-state index in [-0.39, 0.29) is 29.5 Å². The van der Waals surface area contributed by atoms with Crippen molar-refractivity contribution in [1.29, 1.82) is 0 Å². The molecule has 0 radical (unpaired) electrons. The van der Waals surface area contributed by atoms with Crippen molar-refractivity contribution in [3.63, 3.8) is 0 Å². The van der Waals surface area contributed by atoms with Crippen LogP contribution >= 0.6 is 23.2 Å². The number of carbonyl (C=O) groups is 2. The molecule has 2 aromatic rings. The number of nitrogens with one attached hydrogen (secondary N) is 1. The van der Waals surface area contributed by atoms with E-state index in [9.17, 15) is 9.59 Å². The van der Waals surface area contributed by atoms with Crippen LogP contribution in [-0.2, 0) is 4.79 Å². The molecular formula is C17H14Cl2N2O4. The van der Waals surface area contributed by atoms with Gasteiger partial charge in [0.15, 0.2) is 0 Å². The van der Waals surface area contributed by atoms with Gasteiger partial charge in [-0.3, -0.25) is 9.59 Å². The molecule has 0 heterocycles. The van der Waals surface area contributed by atoms with Gasteiger partial charge in [-0.15, -0.1) is 0 Å². The Labute approximate surface area is 153 Å². The Kier molecular flexibility index (Phi) is 6.38. The Hall–Kier alpha value is -2.57. The van der Waals surface area contributed by atoms with Crippen molar-refractivity contribution in [2.45, 2.75) is 12.8 Å². The van der Waals surface area contributed by atoms with Crippen molar-refractivity contribution < 1.29 is 19.9 Å². The van der Waals surface area contributed by atoms with Gasteiger partial charge in [-0.05, 0) is 35.9 Å². The molecule has 3 N–H and O–H groups in total. The fourth-order valence-corrected chi connectivity index (χ4v) is 2.36. The molecule has 0 bridgehead atoms. The number of carbonyl (C=O) groups excluding carboxylic acids is 1. The van der Waals surface area contributed by atoms with E-state index >= 15 is 0 Å². The first kappa shape index (κ1) is 18.8. The number of rotatable bonds is 6. The second-order valence-corrected chi connectivity index (χ2v) is 5.92. The molecule has 0 spiro atoms. The fraction of sp³-hybridized carbons (Fsp3) is 0.118. The van der Waals surface area contributed by atoms with E-state index in [1.807, 2.05) is 0 Å². The quantitative estimate of drug-likeness (QED) is 0.395. The fourth-order valence-electron chi connectivity index (χ4n) is 2.06. The molecule has 130 valence electrons. The lowest BCUT2D eigenvalue weighted by Gasteiger charge is -2.08. The van der Waals surface area contributed by atoms with E-state index in [0.29, 0.717) is 21.8 Å². The number of carboxylic acids is 1. The van der Waals surface area contributed by atoms with Crippen LogP contribution in [0.1, 0.15) is 28.8 Å². The summed E-state index contributed by atoms with van der Waals surface area (Å²) in [6, 6.07) is 11.1. The van der Waals surface area contributed by atoms with Gasteiger partial charge in [0, 0.05) is 17.7 Å². The average molecular weight is 381 g/mol. The summed E-state index contributed by atoms with van der Waals surface area (Å²) in [7, 11) is 0. The number of hydrogen-bond donors (Lipinski definition) is 3. The number of aliphatic carboxylic acids is 1. The van der Waals surface area contributed by atoms with Gasteiger partial charge in [-0.1, -0.05) is 40.5 Å². The molecule has 0 atom stereocenters. The highest BCUT2D eigenvalue weighted by atomic mass is 35.5. The number of anilines is 1. The monoisotopic (exact) mass is 380 g/mol. The third-order valence-electron chi connectivity index (χ3n) is 3.35. The molecule has 0 unspecified atom stereocenters. The number of halogens is 2. The number of oxime groups is 1. The molecular weight excluding hydrogens is 367 g/mol. The topological polar surface area (TPSA) is 99.0 Å². The molecule has 0 fully saturated rings. The van der Waals surface area contributed by atoms with Crippen LogP contribution in [0.25, 0.3) is 0 Å². The minimum absolute atomic E-state index is 0.0980. The summed E-state index contributed by atoms with van der Waals surface area (Å²) < 4.78 is 0. The zero-order valence-corrected chi connectivity index (χ0v) is 14.4. The summed E-state index contributed by atoms with van der Waals surface area (Å²) in [5.41, 5.74) is 1.70. The van der Waals surface area contributed by atoms with Gasteiger partial charge < -0.3 is 15.6 Å². The highest BCUT2D eigenvalue weighted by Gasteiger charge is 2.10. The highest BCUT2D eigenvalue weighted by molar-refractivity contribution is 6.42. The van der Waals surface area contributed by atoms with Crippen LogP contribution in [-0.4, -0.2) is 27.9 Å². The molecule has 2 aromatic carbocycles. The van der Waals surface area contributed by atoms with E-state index in [4.69, 9.17) is 33.5 Å². The molecule has 0 aliphatic heterocycles. The second-order valence-electron chi connectivity index (χ2n) is 5.10. The van der Waals surface area contributed by atoms with Crippen LogP contribution in [0, 0.1) is 0 Å². The molecule has 2 rings (SSSR count). The van der Waals surface area contributed by atoms with Crippen LogP contribution in [0.5, 0.6) is 0 Å². The van der Waals surface area contributed by atoms with E-state index in [2.05, 4.69) is 10.5 Å². The lowest BCUT2D eigenvalue weighted by molar-refractivity contribution is -0.136. The van der Waals surface area contributed by atoms with E-state index < -0.39 is 5.97 Å². The Bertz CT molecular complexity index is 820. The summed E-state index contributed by atoms with van der Waals surface area (Å²) in [6.07, 6.45) is -0.0456. The normalized spacial score (nSPS) is 11.2. The Morgan fingerprint density at radius 3 is 2.16 bits per heavy atom.